The number of thiazole rings is 1. The molecule has 124 valence electrons. The van der Waals surface area contributed by atoms with Gasteiger partial charge in [-0.15, -0.1) is 11.3 Å². The van der Waals surface area contributed by atoms with Crippen LogP contribution in [0.15, 0.2) is 58.4 Å². The second-order valence-electron chi connectivity index (χ2n) is 6.12. The summed E-state index contributed by atoms with van der Waals surface area (Å²) in [6.45, 7) is 1.52. The molecule has 0 saturated carbocycles. The van der Waals surface area contributed by atoms with Crippen LogP contribution in [-0.2, 0) is 13.1 Å². The lowest BCUT2D eigenvalue weighted by Gasteiger charge is -2.11. The minimum absolute atomic E-state index is 0.117. The van der Waals surface area contributed by atoms with Gasteiger partial charge in [-0.2, -0.15) is 4.57 Å². The van der Waals surface area contributed by atoms with Crippen LogP contribution in [0.4, 0.5) is 5.69 Å². The monoisotopic (exact) mass is 366 g/mol. The van der Waals surface area contributed by atoms with Gasteiger partial charge in [-0.1, -0.05) is 23.9 Å². The van der Waals surface area contributed by atoms with Gasteiger partial charge in [0.15, 0.2) is 12.7 Å². The molecule has 3 aromatic rings. The van der Waals surface area contributed by atoms with Gasteiger partial charge < -0.3 is 4.90 Å². The maximum atomic E-state index is 13.1. The molecule has 1 aromatic carbocycles. The lowest BCUT2D eigenvalue weighted by molar-refractivity contribution is -0.699. The van der Waals surface area contributed by atoms with Crippen LogP contribution >= 0.6 is 23.1 Å². The van der Waals surface area contributed by atoms with Gasteiger partial charge in [0.05, 0.1) is 12.2 Å². The predicted octanol–water partition coefficient (Wildman–Crippen LogP) is 1.35. The van der Waals surface area contributed by atoms with E-state index in [2.05, 4.69) is 39.9 Å². The second kappa shape index (κ2) is 5.61. The topological polar surface area (TPSA) is 29.1 Å². The number of aromatic nitrogens is 2. The van der Waals surface area contributed by atoms with E-state index in [4.69, 9.17) is 0 Å². The molecule has 25 heavy (non-hydrogen) atoms. The molecule has 0 radical (unpaired) electrons. The summed E-state index contributed by atoms with van der Waals surface area (Å²) in [5.41, 5.74) is 2.43. The minimum atomic E-state index is 0.117. The van der Waals surface area contributed by atoms with Gasteiger partial charge in [-0.05, 0) is 18.2 Å². The number of nitrogens with zero attached hydrogens (tertiary/aromatic N) is 3. The molecule has 6 heteroatoms. The maximum absolute atomic E-state index is 13.1. The quantitative estimate of drug-likeness (QED) is 0.563. The smallest absolute Gasteiger partial charge is 0.271 e. The van der Waals surface area contributed by atoms with E-state index in [-0.39, 0.29) is 5.56 Å². The summed E-state index contributed by atoms with van der Waals surface area (Å²) in [5.74, 6) is 0. The number of fused-ring (bicyclic) bond motifs is 3. The first-order chi connectivity index (χ1) is 12.2. The van der Waals surface area contributed by atoms with Crippen LogP contribution in [-0.4, -0.2) is 11.6 Å². The Morgan fingerprint density at radius 2 is 1.96 bits per heavy atom. The molecule has 0 aliphatic carbocycles. The van der Waals surface area contributed by atoms with E-state index in [1.54, 1.807) is 23.1 Å². The van der Waals surface area contributed by atoms with E-state index in [0.29, 0.717) is 6.54 Å². The van der Waals surface area contributed by atoms with Crippen molar-refractivity contribution in [3.8, 4) is 0 Å². The Morgan fingerprint density at radius 3 is 2.84 bits per heavy atom. The van der Waals surface area contributed by atoms with Crippen LogP contribution in [0.5, 0.6) is 0 Å². The van der Waals surface area contributed by atoms with Gasteiger partial charge in [-0.3, -0.25) is 9.36 Å². The minimum Gasteiger partial charge on any atom is -0.337 e. The lowest BCUT2D eigenvalue weighted by atomic mass is 10.3. The molecule has 2 aliphatic rings. The molecule has 0 amide bonds. The summed E-state index contributed by atoms with van der Waals surface area (Å²) in [6.07, 6.45) is 4.19. The van der Waals surface area contributed by atoms with Gasteiger partial charge >= 0.3 is 0 Å². The number of anilines is 1. The van der Waals surface area contributed by atoms with Crippen LogP contribution < -0.4 is 24.2 Å². The van der Waals surface area contributed by atoms with Crippen molar-refractivity contribution >= 4 is 39.9 Å². The molecule has 0 N–H and O–H groups in total. The van der Waals surface area contributed by atoms with Crippen LogP contribution in [0.3, 0.4) is 0 Å². The summed E-state index contributed by atoms with van der Waals surface area (Å²) < 4.78 is 5.96. The average molecular weight is 366 g/mol. The highest BCUT2D eigenvalue weighted by Crippen LogP contribution is 2.44. The van der Waals surface area contributed by atoms with Crippen molar-refractivity contribution < 1.29 is 4.57 Å². The van der Waals surface area contributed by atoms with E-state index >= 15 is 0 Å². The Balaban J connectivity index is 1.75. The first kappa shape index (κ1) is 15.0. The molecule has 0 spiro atoms. The van der Waals surface area contributed by atoms with Crippen LogP contribution in [0, 0.1) is 0 Å². The zero-order valence-corrected chi connectivity index (χ0v) is 15.3. The Kier molecular flexibility index (Phi) is 3.36. The molecule has 0 fully saturated rings. The molecule has 0 saturated heterocycles. The fraction of sp³-hybridized carbons (Fsp3) is 0.158. The largest absolute Gasteiger partial charge is 0.337 e. The van der Waals surface area contributed by atoms with Crippen molar-refractivity contribution in [2.75, 3.05) is 11.9 Å². The molecule has 4 nitrogen and oxygen atoms in total. The SMILES string of the molecule is CN1/C(=c2\sc3n(c2=O)CC[n+]2ccccc2C=3)Sc2ccccc21. The molecular formula is C19H16N3OS2+. The first-order valence-electron chi connectivity index (χ1n) is 8.17. The third kappa shape index (κ3) is 2.28. The third-order valence-electron chi connectivity index (χ3n) is 4.66. The third-order valence-corrected chi connectivity index (χ3v) is 7.14. The summed E-state index contributed by atoms with van der Waals surface area (Å²) in [6, 6.07) is 14.5. The maximum Gasteiger partial charge on any atom is 0.271 e. The average Bonchev–Trinajstić information content (AvgIpc) is 3.04. The Labute approximate surface area is 153 Å². The highest BCUT2D eigenvalue weighted by molar-refractivity contribution is 8.08. The number of rotatable bonds is 0. The number of pyridine rings is 1. The number of hydrogen-bond acceptors (Lipinski definition) is 4. The van der Waals surface area contributed by atoms with Crippen LogP contribution in [0.1, 0.15) is 5.69 Å². The molecule has 0 bridgehead atoms. The molecule has 0 unspecified atom stereocenters. The number of aryl methyl sites for hydroxylation is 1. The summed E-state index contributed by atoms with van der Waals surface area (Å²) in [4.78, 5) is 16.4. The normalized spacial score (nSPS) is 17.4. The zero-order valence-electron chi connectivity index (χ0n) is 13.7. The number of thioether (sulfide) groups is 1. The fourth-order valence-electron chi connectivity index (χ4n) is 3.34. The van der Waals surface area contributed by atoms with Crippen LogP contribution in [0.25, 0.3) is 11.1 Å². The molecule has 0 atom stereocenters. The van der Waals surface area contributed by atoms with Gasteiger partial charge in [0.2, 0.25) is 5.69 Å². The van der Waals surface area contributed by atoms with E-state index in [0.717, 1.165) is 26.5 Å². The van der Waals surface area contributed by atoms with Crippen molar-refractivity contribution in [1.82, 2.24) is 4.57 Å². The number of benzene rings is 1. The Bertz CT molecular complexity index is 1180. The van der Waals surface area contributed by atoms with Gasteiger partial charge in [0.25, 0.3) is 5.56 Å². The van der Waals surface area contributed by atoms with E-state index < -0.39 is 0 Å². The zero-order chi connectivity index (χ0) is 17.0. The Morgan fingerprint density at radius 1 is 1.12 bits per heavy atom. The van der Waals surface area contributed by atoms with Crippen molar-refractivity contribution in [1.29, 1.82) is 0 Å². The summed E-state index contributed by atoms with van der Waals surface area (Å²) >= 11 is 3.28. The molecule has 5 rings (SSSR count). The van der Waals surface area contributed by atoms with Crippen molar-refractivity contribution in [2.24, 2.45) is 0 Å². The lowest BCUT2D eigenvalue weighted by Crippen LogP contribution is -2.40. The first-order valence-corrected chi connectivity index (χ1v) is 9.80. The Hall–Kier alpha value is -2.31. The fourth-order valence-corrected chi connectivity index (χ4v) is 5.76. The summed E-state index contributed by atoms with van der Waals surface area (Å²) in [5, 5.41) is 1.03. The highest BCUT2D eigenvalue weighted by atomic mass is 32.2. The van der Waals surface area contributed by atoms with E-state index in [1.807, 2.05) is 35.9 Å². The highest BCUT2D eigenvalue weighted by Gasteiger charge is 2.25. The number of hydrogen-bond donors (Lipinski definition) is 0. The summed E-state index contributed by atoms with van der Waals surface area (Å²) in [7, 11) is 2.04. The molecule has 4 heterocycles. The van der Waals surface area contributed by atoms with Crippen molar-refractivity contribution in [2.45, 2.75) is 18.0 Å². The molecular weight excluding hydrogens is 350 g/mol. The van der Waals surface area contributed by atoms with Gasteiger partial charge in [-0.25, -0.2) is 0 Å². The van der Waals surface area contributed by atoms with Crippen LogP contribution in [0.2, 0.25) is 0 Å². The van der Waals surface area contributed by atoms with Crippen molar-refractivity contribution in [3.63, 3.8) is 0 Å². The molecule has 2 aliphatic heterocycles. The standard InChI is InChI=1S/C19H16N3OS2/c1-20-14-7-2-3-8-15(14)24-19(20)17-18(23)22-11-10-21-9-5-4-6-13(21)12-16(22)25-17/h2-9,12H,10-11H2,1H3/q+1/b19-17+. The second-order valence-corrected chi connectivity index (χ2v) is 8.18. The van der Waals surface area contributed by atoms with E-state index in [9.17, 15) is 4.79 Å². The van der Waals surface area contributed by atoms with Gasteiger partial charge in [0, 0.05) is 30.2 Å². The van der Waals surface area contributed by atoms with E-state index in [1.165, 1.54) is 10.6 Å². The molecule has 2 aromatic heterocycles. The number of para-hydroxylation sites is 1. The predicted molar refractivity (Wildman–Crippen MR) is 102 cm³/mol. The van der Waals surface area contributed by atoms with Crippen molar-refractivity contribution in [3.05, 3.63) is 73.9 Å². The van der Waals surface area contributed by atoms with Gasteiger partial charge in [0.1, 0.15) is 14.2 Å².